The Morgan fingerprint density at radius 2 is 2.15 bits per heavy atom. The molecule has 4 nitrogen and oxygen atoms in total. The van der Waals surface area contributed by atoms with E-state index in [0.717, 1.165) is 16.9 Å². The van der Waals surface area contributed by atoms with Gasteiger partial charge in [0.05, 0.1) is 0 Å². The Hall–Kier alpha value is -2.09. The monoisotopic (exact) mass is 287 g/mol. The lowest BCUT2D eigenvalue weighted by Gasteiger charge is -2.12. The number of nitrogens with zero attached hydrogens (tertiary/aromatic N) is 2. The summed E-state index contributed by atoms with van der Waals surface area (Å²) < 4.78 is 5.77. The van der Waals surface area contributed by atoms with E-state index in [1.54, 1.807) is 18.3 Å². The Bertz CT molecular complexity index is 637. The third-order valence-electron chi connectivity index (χ3n) is 2.82. The van der Waals surface area contributed by atoms with Crippen LogP contribution < -0.4 is 10.5 Å². The molecule has 0 aliphatic rings. The lowest BCUT2D eigenvalue weighted by molar-refractivity contribution is 0.302. The van der Waals surface area contributed by atoms with E-state index in [2.05, 4.69) is 4.98 Å². The van der Waals surface area contributed by atoms with E-state index in [9.17, 15) is 0 Å². The van der Waals surface area contributed by atoms with E-state index in [1.807, 2.05) is 24.3 Å². The fraction of sp³-hybridized carbons (Fsp3) is 0.200. The molecule has 2 rings (SSSR count). The number of halogens is 1. The molecular formula is C15H14ClN3O. The van der Waals surface area contributed by atoms with Gasteiger partial charge < -0.3 is 10.5 Å². The average molecular weight is 288 g/mol. The second kappa shape index (κ2) is 6.90. The number of nitriles is 1. The minimum Gasteiger partial charge on any atom is -0.489 e. The topological polar surface area (TPSA) is 71.9 Å². The zero-order chi connectivity index (χ0) is 14.4. The quantitative estimate of drug-likeness (QED) is 0.918. The molecule has 20 heavy (non-hydrogen) atoms. The van der Waals surface area contributed by atoms with Crippen LogP contribution in [0.15, 0.2) is 36.5 Å². The van der Waals surface area contributed by atoms with Crippen molar-refractivity contribution < 1.29 is 4.74 Å². The molecule has 0 bridgehead atoms. The van der Waals surface area contributed by atoms with Crippen molar-refractivity contribution in [3.8, 4) is 11.8 Å². The SMILES string of the molecule is N#Cc1ncccc1COc1ccc(Cl)cc1CCN. The summed E-state index contributed by atoms with van der Waals surface area (Å²) in [4.78, 5) is 4.00. The van der Waals surface area contributed by atoms with Gasteiger partial charge >= 0.3 is 0 Å². The second-order valence-corrected chi connectivity index (χ2v) is 4.64. The first-order valence-corrected chi connectivity index (χ1v) is 6.57. The molecule has 5 heteroatoms. The minimum atomic E-state index is 0.288. The van der Waals surface area contributed by atoms with E-state index < -0.39 is 0 Å². The van der Waals surface area contributed by atoms with Crippen LogP contribution in [0.2, 0.25) is 5.02 Å². The van der Waals surface area contributed by atoms with Gasteiger partial charge in [0.2, 0.25) is 0 Å². The maximum Gasteiger partial charge on any atom is 0.147 e. The number of aromatic nitrogens is 1. The molecule has 2 aromatic rings. The maximum absolute atomic E-state index is 8.99. The van der Waals surface area contributed by atoms with Crippen LogP contribution in [-0.2, 0) is 13.0 Å². The van der Waals surface area contributed by atoms with Gasteiger partial charge in [0.15, 0.2) is 0 Å². The van der Waals surface area contributed by atoms with Crippen molar-refractivity contribution in [3.05, 3.63) is 58.4 Å². The standard InChI is InChI=1S/C15H14ClN3O/c16-13-3-4-15(11(8-13)5-6-17)20-10-12-2-1-7-19-14(12)9-18/h1-4,7-8H,5-6,10,17H2. The zero-order valence-corrected chi connectivity index (χ0v) is 11.6. The van der Waals surface area contributed by atoms with E-state index >= 15 is 0 Å². The zero-order valence-electron chi connectivity index (χ0n) is 10.8. The first-order valence-electron chi connectivity index (χ1n) is 6.20. The lowest BCUT2D eigenvalue weighted by atomic mass is 10.1. The molecule has 0 unspecified atom stereocenters. The van der Waals surface area contributed by atoms with Crippen molar-refractivity contribution in [2.24, 2.45) is 5.73 Å². The number of pyridine rings is 1. The van der Waals surface area contributed by atoms with Crippen molar-refractivity contribution >= 4 is 11.6 Å². The summed E-state index contributed by atoms with van der Waals surface area (Å²) in [5, 5.41) is 9.64. The van der Waals surface area contributed by atoms with Crippen molar-refractivity contribution in [3.63, 3.8) is 0 Å². The summed E-state index contributed by atoms with van der Waals surface area (Å²) in [6, 6.07) is 11.1. The molecule has 0 amide bonds. The van der Waals surface area contributed by atoms with Crippen LogP contribution in [0, 0.1) is 11.3 Å². The highest BCUT2D eigenvalue weighted by Crippen LogP contribution is 2.24. The van der Waals surface area contributed by atoms with Gasteiger partial charge in [-0.3, -0.25) is 0 Å². The molecule has 0 spiro atoms. The summed E-state index contributed by atoms with van der Waals surface area (Å²) in [6.07, 6.45) is 2.28. The molecular weight excluding hydrogens is 274 g/mol. The van der Waals surface area contributed by atoms with Crippen LogP contribution in [0.25, 0.3) is 0 Å². The van der Waals surface area contributed by atoms with Gasteiger partial charge in [0.25, 0.3) is 0 Å². The Kier molecular flexibility index (Phi) is 4.94. The van der Waals surface area contributed by atoms with Crippen LogP contribution in [0.4, 0.5) is 0 Å². The molecule has 0 aliphatic carbocycles. The van der Waals surface area contributed by atoms with Gasteiger partial charge in [-0.25, -0.2) is 4.98 Å². The van der Waals surface area contributed by atoms with Gasteiger partial charge in [-0.2, -0.15) is 5.26 Å². The maximum atomic E-state index is 8.99. The van der Waals surface area contributed by atoms with Gasteiger partial charge in [0.1, 0.15) is 24.1 Å². The summed E-state index contributed by atoms with van der Waals surface area (Å²) >= 11 is 5.97. The highest BCUT2D eigenvalue weighted by Gasteiger charge is 2.07. The average Bonchev–Trinajstić information content (AvgIpc) is 2.47. The molecule has 0 saturated heterocycles. The molecule has 0 radical (unpaired) electrons. The molecule has 0 saturated carbocycles. The highest BCUT2D eigenvalue weighted by molar-refractivity contribution is 6.30. The fourth-order valence-electron chi connectivity index (χ4n) is 1.85. The summed E-state index contributed by atoms with van der Waals surface area (Å²) in [6.45, 7) is 0.809. The number of nitrogens with two attached hydrogens (primary N) is 1. The molecule has 1 aromatic heterocycles. The minimum absolute atomic E-state index is 0.288. The largest absolute Gasteiger partial charge is 0.489 e. The van der Waals surface area contributed by atoms with E-state index in [0.29, 0.717) is 23.7 Å². The van der Waals surface area contributed by atoms with Gasteiger partial charge in [-0.1, -0.05) is 17.7 Å². The number of benzene rings is 1. The fourth-order valence-corrected chi connectivity index (χ4v) is 2.05. The summed E-state index contributed by atoms with van der Waals surface area (Å²) in [7, 11) is 0. The predicted octanol–water partition coefficient (Wildman–Crippen LogP) is 2.69. The van der Waals surface area contributed by atoms with Crippen LogP contribution in [0.1, 0.15) is 16.8 Å². The molecule has 1 heterocycles. The Labute approximate surface area is 122 Å². The van der Waals surface area contributed by atoms with Gasteiger partial charge in [-0.05, 0) is 42.8 Å². The smallest absolute Gasteiger partial charge is 0.147 e. The van der Waals surface area contributed by atoms with E-state index in [-0.39, 0.29) is 6.61 Å². The van der Waals surface area contributed by atoms with Crippen molar-refractivity contribution in [1.82, 2.24) is 4.98 Å². The lowest BCUT2D eigenvalue weighted by Crippen LogP contribution is -2.06. The molecule has 0 atom stereocenters. The van der Waals surface area contributed by atoms with Gasteiger partial charge in [0, 0.05) is 16.8 Å². The Morgan fingerprint density at radius 3 is 2.90 bits per heavy atom. The van der Waals surface area contributed by atoms with Crippen molar-refractivity contribution in [2.75, 3.05) is 6.54 Å². The molecule has 102 valence electrons. The van der Waals surface area contributed by atoms with Crippen LogP contribution in [-0.4, -0.2) is 11.5 Å². The van der Waals surface area contributed by atoms with E-state index in [1.165, 1.54) is 0 Å². The molecule has 2 N–H and O–H groups in total. The molecule has 0 aliphatic heterocycles. The van der Waals surface area contributed by atoms with E-state index in [4.69, 9.17) is 27.3 Å². The van der Waals surface area contributed by atoms with Gasteiger partial charge in [-0.15, -0.1) is 0 Å². The molecule has 0 fully saturated rings. The number of ether oxygens (including phenoxy) is 1. The summed E-state index contributed by atoms with van der Waals surface area (Å²) in [5.74, 6) is 0.729. The van der Waals surface area contributed by atoms with Crippen molar-refractivity contribution in [2.45, 2.75) is 13.0 Å². The normalized spacial score (nSPS) is 10.1. The van der Waals surface area contributed by atoms with Crippen molar-refractivity contribution in [1.29, 1.82) is 5.26 Å². The summed E-state index contributed by atoms with van der Waals surface area (Å²) in [5.41, 5.74) is 7.67. The first kappa shape index (κ1) is 14.3. The number of rotatable bonds is 5. The predicted molar refractivity (Wildman–Crippen MR) is 77.5 cm³/mol. The number of hydrogen-bond donors (Lipinski definition) is 1. The third-order valence-corrected chi connectivity index (χ3v) is 3.05. The highest BCUT2D eigenvalue weighted by atomic mass is 35.5. The van der Waals surface area contributed by atoms with Crippen LogP contribution in [0.5, 0.6) is 5.75 Å². The Morgan fingerprint density at radius 1 is 1.30 bits per heavy atom. The third kappa shape index (κ3) is 3.47. The van der Waals surface area contributed by atoms with Crippen LogP contribution in [0.3, 0.4) is 0 Å². The first-order chi connectivity index (χ1) is 9.74. The van der Waals surface area contributed by atoms with Crippen LogP contribution >= 0.6 is 11.6 Å². The second-order valence-electron chi connectivity index (χ2n) is 4.20. The molecule has 1 aromatic carbocycles. The number of hydrogen-bond acceptors (Lipinski definition) is 4. The Balaban J connectivity index is 2.17.